The van der Waals surface area contributed by atoms with Crippen LogP contribution in [0.25, 0.3) is 5.65 Å². The van der Waals surface area contributed by atoms with Gasteiger partial charge >= 0.3 is 0 Å². The standard InChI is InChI=1S/C12H13N5S/c1-2-9-7-14-12(18-9)8-13-10-4-6-17-11(16-10)3-5-15-17/h3-7H,2,8H2,1H3,(H,13,16). The summed E-state index contributed by atoms with van der Waals surface area (Å²) >= 11 is 1.74. The predicted molar refractivity (Wildman–Crippen MR) is 71.8 cm³/mol. The van der Waals surface area contributed by atoms with E-state index in [9.17, 15) is 0 Å². The minimum atomic E-state index is 0.710. The Kier molecular flexibility index (Phi) is 2.93. The van der Waals surface area contributed by atoms with Crippen molar-refractivity contribution in [3.63, 3.8) is 0 Å². The van der Waals surface area contributed by atoms with Crippen molar-refractivity contribution >= 4 is 22.8 Å². The topological polar surface area (TPSA) is 55.1 Å². The van der Waals surface area contributed by atoms with Gasteiger partial charge in [-0.2, -0.15) is 5.10 Å². The van der Waals surface area contributed by atoms with E-state index in [4.69, 9.17) is 0 Å². The van der Waals surface area contributed by atoms with Gasteiger partial charge in [-0.1, -0.05) is 6.92 Å². The van der Waals surface area contributed by atoms with Crippen LogP contribution in [-0.4, -0.2) is 19.6 Å². The van der Waals surface area contributed by atoms with Crippen molar-refractivity contribution in [2.75, 3.05) is 5.32 Å². The second-order valence-corrected chi connectivity index (χ2v) is 5.07. The molecule has 0 radical (unpaired) electrons. The van der Waals surface area contributed by atoms with Crippen molar-refractivity contribution in [3.8, 4) is 0 Å². The van der Waals surface area contributed by atoms with Crippen LogP contribution in [0.15, 0.2) is 30.7 Å². The van der Waals surface area contributed by atoms with Crippen LogP contribution in [-0.2, 0) is 13.0 Å². The molecule has 0 bridgehead atoms. The lowest BCUT2D eigenvalue weighted by atomic mass is 10.4. The van der Waals surface area contributed by atoms with Gasteiger partial charge in [0.05, 0.1) is 12.7 Å². The lowest BCUT2D eigenvalue weighted by Crippen LogP contribution is -2.02. The van der Waals surface area contributed by atoms with Gasteiger partial charge in [0.1, 0.15) is 10.8 Å². The fraction of sp³-hybridized carbons (Fsp3) is 0.250. The van der Waals surface area contributed by atoms with Gasteiger partial charge in [0.2, 0.25) is 0 Å². The number of aryl methyl sites for hydroxylation is 1. The summed E-state index contributed by atoms with van der Waals surface area (Å²) in [4.78, 5) is 10.1. The summed E-state index contributed by atoms with van der Waals surface area (Å²) in [7, 11) is 0. The van der Waals surface area contributed by atoms with Crippen LogP contribution in [0.5, 0.6) is 0 Å². The number of aromatic nitrogens is 4. The number of hydrogen-bond donors (Lipinski definition) is 1. The van der Waals surface area contributed by atoms with Gasteiger partial charge in [-0.3, -0.25) is 0 Å². The molecule has 0 saturated heterocycles. The minimum absolute atomic E-state index is 0.710. The Morgan fingerprint density at radius 3 is 3.17 bits per heavy atom. The van der Waals surface area contributed by atoms with Gasteiger partial charge in [-0.25, -0.2) is 14.5 Å². The monoisotopic (exact) mass is 259 g/mol. The van der Waals surface area contributed by atoms with Crippen molar-refractivity contribution in [1.82, 2.24) is 19.6 Å². The SMILES string of the molecule is CCc1cnc(CNc2ccn3nccc3n2)s1. The molecule has 0 atom stereocenters. The molecule has 6 heteroatoms. The Bertz CT molecular complexity index is 657. The maximum atomic E-state index is 4.44. The molecule has 0 aliphatic heterocycles. The normalized spacial score (nSPS) is 10.9. The molecule has 92 valence electrons. The third-order valence-corrected chi connectivity index (χ3v) is 3.77. The molecule has 5 nitrogen and oxygen atoms in total. The summed E-state index contributed by atoms with van der Waals surface area (Å²) in [5.41, 5.74) is 0.841. The van der Waals surface area contributed by atoms with Gasteiger partial charge in [0.15, 0.2) is 5.65 Å². The summed E-state index contributed by atoms with van der Waals surface area (Å²) in [5.74, 6) is 0.844. The molecule has 1 N–H and O–H groups in total. The average molecular weight is 259 g/mol. The summed E-state index contributed by atoms with van der Waals surface area (Å²) < 4.78 is 1.74. The highest BCUT2D eigenvalue weighted by Gasteiger charge is 2.02. The third kappa shape index (κ3) is 2.19. The van der Waals surface area contributed by atoms with E-state index >= 15 is 0 Å². The highest BCUT2D eigenvalue weighted by atomic mass is 32.1. The first-order chi connectivity index (χ1) is 8.85. The third-order valence-electron chi connectivity index (χ3n) is 2.63. The molecule has 0 unspecified atom stereocenters. The molecule has 0 saturated carbocycles. The van der Waals surface area contributed by atoms with Crippen LogP contribution in [0.2, 0.25) is 0 Å². The summed E-state index contributed by atoms with van der Waals surface area (Å²) in [5, 5.41) is 8.47. The van der Waals surface area contributed by atoms with Crippen LogP contribution in [0, 0.1) is 0 Å². The molecule has 0 fully saturated rings. The molecule has 0 amide bonds. The predicted octanol–water partition coefficient (Wildman–Crippen LogP) is 2.36. The lowest BCUT2D eigenvalue weighted by Gasteiger charge is -2.03. The zero-order valence-electron chi connectivity index (χ0n) is 10.00. The minimum Gasteiger partial charge on any atom is -0.363 e. The van der Waals surface area contributed by atoms with E-state index in [2.05, 4.69) is 27.3 Å². The number of hydrogen-bond acceptors (Lipinski definition) is 5. The molecule has 18 heavy (non-hydrogen) atoms. The highest BCUT2D eigenvalue weighted by molar-refractivity contribution is 7.11. The largest absolute Gasteiger partial charge is 0.363 e. The first kappa shape index (κ1) is 11.2. The zero-order chi connectivity index (χ0) is 12.4. The van der Waals surface area contributed by atoms with Crippen molar-refractivity contribution in [2.45, 2.75) is 19.9 Å². The number of rotatable bonds is 4. The van der Waals surface area contributed by atoms with Crippen molar-refractivity contribution in [1.29, 1.82) is 0 Å². The van der Waals surface area contributed by atoms with E-state index in [-0.39, 0.29) is 0 Å². The fourth-order valence-electron chi connectivity index (χ4n) is 1.67. The van der Waals surface area contributed by atoms with E-state index in [0.717, 1.165) is 22.9 Å². The maximum Gasteiger partial charge on any atom is 0.157 e. The number of anilines is 1. The quantitative estimate of drug-likeness (QED) is 0.781. The van der Waals surface area contributed by atoms with Crippen LogP contribution < -0.4 is 5.32 Å². The zero-order valence-corrected chi connectivity index (χ0v) is 10.8. The molecule has 0 aliphatic rings. The molecule has 0 aromatic carbocycles. The van der Waals surface area contributed by atoms with E-state index in [1.165, 1.54) is 4.88 Å². The van der Waals surface area contributed by atoms with Crippen LogP contribution in [0.4, 0.5) is 5.82 Å². The van der Waals surface area contributed by atoms with Gasteiger partial charge in [0.25, 0.3) is 0 Å². The summed E-state index contributed by atoms with van der Waals surface area (Å²) in [6.07, 6.45) is 6.61. The van der Waals surface area contributed by atoms with Gasteiger partial charge in [-0.15, -0.1) is 11.3 Å². The summed E-state index contributed by atoms with van der Waals surface area (Å²) in [6, 6.07) is 3.79. The Balaban J connectivity index is 1.72. The number of fused-ring (bicyclic) bond motifs is 1. The van der Waals surface area contributed by atoms with E-state index in [0.29, 0.717) is 6.54 Å². The molecule has 3 heterocycles. The maximum absolute atomic E-state index is 4.44. The van der Waals surface area contributed by atoms with E-state index < -0.39 is 0 Å². The molecule has 0 aliphatic carbocycles. The second-order valence-electron chi connectivity index (χ2n) is 3.87. The first-order valence-electron chi connectivity index (χ1n) is 5.83. The van der Waals surface area contributed by atoms with Crippen molar-refractivity contribution in [3.05, 3.63) is 40.6 Å². The lowest BCUT2D eigenvalue weighted by molar-refractivity contribution is 0.936. The van der Waals surface area contributed by atoms with Gasteiger partial charge in [-0.05, 0) is 12.5 Å². The number of thiazole rings is 1. The Hall–Kier alpha value is -1.95. The van der Waals surface area contributed by atoms with Crippen LogP contribution in [0.1, 0.15) is 16.8 Å². The second kappa shape index (κ2) is 4.73. The highest BCUT2D eigenvalue weighted by Crippen LogP contribution is 2.15. The molecular formula is C12H13N5S. The van der Waals surface area contributed by atoms with Crippen LogP contribution >= 0.6 is 11.3 Å². The Labute approximate surface area is 109 Å². The van der Waals surface area contributed by atoms with Gasteiger partial charge < -0.3 is 5.32 Å². The summed E-state index contributed by atoms with van der Waals surface area (Å²) in [6.45, 7) is 2.85. The molecule has 3 rings (SSSR count). The molecular weight excluding hydrogens is 246 g/mol. The van der Waals surface area contributed by atoms with E-state index in [1.807, 2.05) is 24.5 Å². The van der Waals surface area contributed by atoms with Gasteiger partial charge in [0, 0.05) is 23.3 Å². The average Bonchev–Trinajstić information content (AvgIpc) is 3.04. The Morgan fingerprint density at radius 2 is 2.33 bits per heavy atom. The van der Waals surface area contributed by atoms with Crippen molar-refractivity contribution < 1.29 is 0 Å². The smallest absolute Gasteiger partial charge is 0.157 e. The fourth-order valence-corrected chi connectivity index (χ4v) is 2.47. The van der Waals surface area contributed by atoms with Crippen molar-refractivity contribution in [2.24, 2.45) is 0 Å². The molecule has 3 aromatic heterocycles. The Morgan fingerprint density at radius 1 is 1.39 bits per heavy atom. The molecule has 0 spiro atoms. The number of nitrogens with one attached hydrogen (secondary N) is 1. The molecule has 3 aromatic rings. The first-order valence-corrected chi connectivity index (χ1v) is 6.64. The van der Waals surface area contributed by atoms with E-state index in [1.54, 1.807) is 22.0 Å². The van der Waals surface area contributed by atoms with Crippen LogP contribution in [0.3, 0.4) is 0 Å². The number of nitrogens with zero attached hydrogens (tertiary/aromatic N) is 4.